The second kappa shape index (κ2) is 22.4. The number of fused-ring (bicyclic) bond motifs is 15. The molecule has 103 heavy (non-hydrogen) atoms. The molecule has 0 spiro atoms. The van der Waals surface area contributed by atoms with E-state index in [1.165, 1.54) is 4.57 Å². The van der Waals surface area contributed by atoms with Crippen molar-refractivity contribution >= 4 is 124 Å². The van der Waals surface area contributed by atoms with Crippen molar-refractivity contribution in [1.82, 2.24) is 9.13 Å². The predicted octanol–water partition coefficient (Wildman–Crippen LogP) is 21.5. The van der Waals surface area contributed by atoms with Gasteiger partial charge in [-0.05, 0) is 167 Å². The maximum Gasteiger partial charge on any atom is 0.256 e. The standard InChI is InChI=1S/C96H76B2N4O/c1-94(2,3)63-51-71(59-31-14-10-15-32-59)90(72(52-63)60-33-16-11-17-34-60)101-81-57-66(99-78-45-26-22-39-67(78)68-40-23-27-46-79(68)99)49-50-75(81)98-87-82(101)55-65(96(7,8)9)56-83(87)102(91-73(61-35-18-12-19-36-61)53-64(95(4,5)6)54-74(91)62-37-20-13-21-38-62)85-58-84-88-93(89(85)98)103-86-48-29-25-43-76(86)97(88)77-44-30-42-70-69-41-24-28-47-80(69)100(84)92(70)77/h10-58H,1-9H3/i22D,23D,24D,25D,26D,27D,28D,29D,30D,39D,40D,41D,42D,43D,44D,45D,46D,47D,48D,49D,50D,57D,58D. The molecule has 0 N–H and O–H groups in total. The monoisotopic (exact) mass is 1350 g/mol. The van der Waals surface area contributed by atoms with Crippen LogP contribution in [-0.2, 0) is 16.2 Å². The summed E-state index contributed by atoms with van der Waals surface area (Å²) in [5, 5.41) is -1.18. The van der Waals surface area contributed by atoms with Crippen LogP contribution in [0.3, 0.4) is 0 Å². The minimum Gasteiger partial charge on any atom is -0.459 e. The molecule has 0 aliphatic carbocycles. The first kappa shape index (κ1) is 41.8. The first-order valence-corrected chi connectivity index (χ1v) is 34.7. The second-order valence-corrected chi connectivity index (χ2v) is 30.2. The van der Waals surface area contributed by atoms with Crippen molar-refractivity contribution in [3.8, 4) is 67.4 Å². The first-order valence-electron chi connectivity index (χ1n) is 46.2. The van der Waals surface area contributed by atoms with Gasteiger partial charge in [0.25, 0.3) is 13.4 Å². The molecule has 0 bridgehead atoms. The quantitative estimate of drug-likeness (QED) is 0.149. The summed E-state index contributed by atoms with van der Waals surface area (Å²) in [5.74, 6) is -0.737. The van der Waals surface area contributed by atoms with Crippen LogP contribution >= 0.6 is 0 Å². The van der Waals surface area contributed by atoms with Gasteiger partial charge in [-0.2, -0.15) is 0 Å². The molecule has 16 aromatic rings. The maximum absolute atomic E-state index is 12.2. The van der Waals surface area contributed by atoms with E-state index in [1.54, 1.807) is 0 Å². The number of aromatic nitrogens is 2. The highest BCUT2D eigenvalue weighted by Crippen LogP contribution is 2.57. The Kier molecular flexibility index (Phi) is 9.08. The summed E-state index contributed by atoms with van der Waals surface area (Å²) in [6, 6.07) is 35.2. The van der Waals surface area contributed by atoms with E-state index in [1.807, 2.05) is 164 Å². The average molecular weight is 1350 g/mol. The van der Waals surface area contributed by atoms with Crippen molar-refractivity contribution in [1.29, 1.82) is 0 Å². The molecule has 20 rings (SSSR count). The van der Waals surface area contributed by atoms with E-state index >= 15 is 0 Å². The molecular weight excluding hydrogens is 1250 g/mol. The van der Waals surface area contributed by atoms with Crippen LogP contribution in [0.2, 0.25) is 0 Å². The zero-order valence-corrected chi connectivity index (χ0v) is 57.9. The van der Waals surface area contributed by atoms with Crippen molar-refractivity contribution in [2.75, 3.05) is 9.80 Å². The van der Waals surface area contributed by atoms with Crippen molar-refractivity contribution < 1.29 is 36.3 Å². The van der Waals surface area contributed by atoms with Gasteiger partial charge in [0.15, 0.2) is 0 Å². The molecule has 14 aromatic carbocycles. The fourth-order valence-corrected chi connectivity index (χ4v) is 16.1. The Balaban J connectivity index is 1.10. The maximum atomic E-state index is 12.2. The van der Waals surface area contributed by atoms with Crippen LogP contribution < -0.4 is 47.3 Å². The summed E-state index contributed by atoms with van der Waals surface area (Å²) in [5.41, 5.74) is 4.27. The third-order valence-corrected chi connectivity index (χ3v) is 21.1. The number of para-hydroxylation sites is 5. The van der Waals surface area contributed by atoms with Crippen LogP contribution in [0.5, 0.6) is 11.5 Å². The molecule has 6 heterocycles. The van der Waals surface area contributed by atoms with Gasteiger partial charge in [0.1, 0.15) is 11.5 Å². The van der Waals surface area contributed by atoms with Crippen molar-refractivity contribution in [2.45, 2.75) is 78.6 Å². The van der Waals surface area contributed by atoms with Crippen LogP contribution in [0, 0.1) is 0 Å². The number of anilines is 6. The number of nitrogens with zero attached hydrogens (tertiary/aromatic N) is 4. The number of benzene rings is 14. The van der Waals surface area contributed by atoms with E-state index in [-0.39, 0.29) is 82.7 Å². The topological polar surface area (TPSA) is 25.6 Å². The SMILES string of the molecule is [2H]c1c([2H])c([2H])c2c(c1[2H])Oc1c3c(c([2H])c4c1B2c1c([2H])c([2H])c([2H])c2c5c([2H])c([2H])c([2H])c([2H])c5n-4c12)N(c1c(-c2ccccc2)cc(C(C)(C)C)cc1-c1ccccc1)c1cc(C(C)(C)C)cc2c1B3c1c([2H])c([2H])c(-n3c4c([2H])c([2H])c([2H])c([2H])c4c4c([2H])c([2H])c([2H])c([2H])c43)c([2H])c1N2c1c(-c2ccccc2)cc(C(C)(C)C)cc1-c1ccccc1. The van der Waals surface area contributed by atoms with Gasteiger partial charge in [0.2, 0.25) is 0 Å². The summed E-state index contributed by atoms with van der Waals surface area (Å²) >= 11 is 0. The van der Waals surface area contributed by atoms with Gasteiger partial charge in [-0.25, -0.2) is 0 Å². The lowest BCUT2D eigenvalue weighted by atomic mass is 9.30. The van der Waals surface area contributed by atoms with Crippen LogP contribution in [0.4, 0.5) is 34.1 Å². The molecule has 0 amide bonds. The molecule has 0 unspecified atom stereocenters. The molecule has 5 nitrogen and oxygen atoms in total. The number of ether oxygens (including phenoxy) is 1. The zero-order valence-electron chi connectivity index (χ0n) is 80.9. The Labute approximate surface area is 636 Å². The highest BCUT2D eigenvalue weighted by Gasteiger charge is 2.52. The van der Waals surface area contributed by atoms with Gasteiger partial charge < -0.3 is 23.7 Å². The Morgan fingerprint density at radius 1 is 0.330 bits per heavy atom. The summed E-state index contributed by atoms with van der Waals surface area (Å²) < 4.78 is 243. The summed E-state index contributed by atoms with van der Waals surface area (Å²) in [6.45, 7) is 15.3. The smallest absolute Gasteiger partial charge is 0.256 e. The van der Waals surface area contributed by atoms with Crippen molar-refractivity contribution in [3.05, 3.63) is 313 Å². The normalized spacial score (nSPS) is 16.6. The second-order valence-electron chi connectivity index (χ2n) is 30.2. The van der Waals surface area contributed by atoms with Crippen LogP contribution in [0.15, 0.2) is 297 Å². The highest BCUT2D eigenvalue weighted by molar-refractivity contribution is 7.03. The molecular formula is C96H76B2N4O. The van der Waals surface area contributed by atoms with Gasteiger partial charge in [-0.1, -0.05) is 280 Å². The third kappa shape index (κ3) is 9.13. The highest BCUT2D eigenvalue weighted by atomic mass is 16.5. The zero-order chi connectivity index (χ0) is 89.5. The van der Waals surface area contributed by atoms with E-state index in [4.69, 9.17) is 4.74 Å². The molecule has 0 saturated carbocycles. The Morgan fingerprint density at radius 3 is 1.23 bits per heavy atom. The minimum absolute atomic E-state index is 0.0273. The van der Waals surface area contributed by atoms with E-state index in [9.17, 15) is 31.5 Å². The molecule has 0 fully saturated rings. The minimum atomic E-state index is -1.71. The van der Waals surface area contributed by atoms with E-state index in [2.05, 4.69) is 65.8 Å². The van der Waals surface area contributed by atoms with Gasteiger partial charge in [-0.3, -0.25) is 0 Å². The fourth-order valence-electron chi connectivity index (χ4n) is 16.1. The van der Waals surface area contributed by atoms with Crippen molar-refractivity contribution in [2.24, 2.45) is 0 Å². The number of hydrogen-bond acceptors (Lipinski definition) is 3. The Morgan fingerprint density at radius 2 is 0.738 bits per heavy atom. The number of hydrogen-bond donors (Lipinski definition) is 0. The number of rotatable bonds is 7. The van der Waals surface area contributed by atoms with Gasteiger partial charge in [0, 0.05) is 83.4 Å². The van der Waals surface area contributed by atoms with Crippen LogP contribution in [0.25, 0.3) is 99.5 Å². The van der Waals surface area contributed by atoms with E-state index in [0.29, 0.717) is 78.3 Å². The first-order chi connectivity index (χ1) is 59.6. The predicted molar refractivity (Wildman–Crippen MR) is 438 cm³/mol. The lowest BCUT2D eigenvalue weighted by molar-refractivity contribution is 0.491. The van der Waals surface area contributed by atoms with Crippen LogP contribution in [-0.4, -0.2) is 22.6 Å². The van der Waals surface area contributed by atoms with Gasteiger partial charge in [0.05, 0.1) is 59.5 Å². The Hall–Kier alpha value is -11.8. The molecule has 4 aliphatic heterocycles. The van der Waals surface area contributed by atoms with E-state index < -0.39 is 191 Å². The molecule has 0 radical (unpaired) electrons. The largest absolute Gasteiger partial charge is 0.459 e. The molecule has 0 saturated heterocycles. The lowest BCUT2D eigenvalue weighted by Gasteiger charge is -2.48. The van der Waals surface area contributed by atoms with Gasteiger partial charge >= 0.3 is 0 Å². The van der Waals surface area contributed by atoms with Gasteiger partial charge in [-0.15, -0.1) is 0 Å². The molecule has 2 aromatic heterocycles. The molecule has 0 atom stereocenters. The Bertz CT molecular complexity index is 7470. The summed E-state index contributed by atoms with van der Waals surface area (Å²) in [7, 11) is 0. The molecule has 492 valence electrons. The molecule has 4 aliphatic rings. The van der Waals surface area contributed by atoms with Crippen molar-refractivity contribution in [3.63, 3.8) is 0 Å². The summed E-state index contributed by atoms with van der Waals surface area (Å²) in [6.07, 6.45) is 0. The fraction of sp³-hybridized carbons (Fsp3) is 0.125. The summed E-state index contributed by atoms with van der Waals surface area (Å²) in [4.78, 5) is 3.90. The van der Waals surface area contributed by atoms with Crippen LogP contribution in [0.1, 0.15) is 111 Å². The average Bonchev–Trinajstić information content (AvgIpc) is 1.25. The van der Waals surface area contributed by atoms with E-state index in [0.717, 1.165) is 15.7 Å². The molecule has 7 heteroatoms. The third-order valence-electron chi connectivity index (χ3n) is 21.1. The lowest BCUT2D eigenvalue weighted by Crippen LogP contribution is -2.65.